The van der Waals surface area contributed by atoms with E-state index in [0.29, 0.717) is 19.6 Å². The summed E-state index contributed by atoms with van der Waals surface area (Å²) < 4.78 is 10.8. The summed E-state index contributed by atoms with van der Waals surface area (Å²) in [5, 5.41) is 0. The summed E-state index contributed by atoms with van der Waals surface area (Å²) >= 11 is 0. The van der Waals surface area contributed by atoms with Gasteiger partial charge in [-0.05, 0) is 30.6 Å². The summed E-state index contributed by atoms with van der Waals surface area (Å²) in [5.41, 5.74) is -0.179. The van der Waals surface area contributed by atoms with E-state index in [1.807, 2.05) is 0 Å². The quantitative estimate of drug-likeness (QED) is 0.333. The molecule has 4 heteroatoms. The summed E-state index contributed by atoms with van der Waals surface area (Å²) in [7, 11) is 0. The van der Waals surface area contributed by atoms with Crippen LogP contribution in [-0.4, -0.2) is 25.2 Å². The normalized spacial score (nSPS) is 21.4. The highest BCUT2D eigenvalue weighted by Crippen LogP contribution is 2.53. The molecule has 1 saturated carbocycles. The van der Waals surface area contributed by atoms with Crippen LogP contribution in [0.4, 0.5) is 0 Å². The van der Waals surface area contributed by atoms with Crippen LogP contribution in [0.1, 0.15) is 91.9 Å². The van der Waals surface area contributed by atoms with Gasteiger partial charge in [0.15, 0.2) is 0 Å². The first-order valence-electron chi connectivity index (χ1n) is 10.3. The van der Waals surface area contributed by atoms with Gasteiger partial charge in [-0.15, -0.1) is 0 Å². The molecule has 0 aromatic rings. The number of hydrogen-bond donors (Lipinski definition) is 0. The number of unbranched alkanes of at least 4 members (excludes halogenated alkanes) is 6. The Morgan fingerprint density at radius 1 is 0.880 bits per heavy atom. The van der Waals surface area contributed by atoms with Crippen LogP contribution in [0, 0.1) is 17.3 Å². The van der Waals surface area contributed by atoms with Gasteiger partial charge in [0.05, 0.1) is 19.1 Å². The first kappa shape index (κ1) is 22.0. The average molecular weight is 355 g/mol. The summed E-state index contributed by atoms with van der Waals surface area (Å²) in [6.45, 7) is 9.51. The van der Waals surface area contributed by atoms with Gasteiger partial charge in [-0.2, -0.15) is 0 Å². The zero-order chi connectivity index (χ0) is 18.7. The Hall–Kier alpha value is -1.06. The second kappa shape index (κ2) is 11.5. The highest BCUT2D eigenvalue weighted by molar-refractivity contribution is 5.76. The molecule has 0 amide bonds. The molecule has 0 heterocycles. The first-order valence-corrected chi connectivity index (χ1v) is 10.3. The molecule has 0 aromatic heterocycles. The van der Waals surface area contributed by atoms with E-state index >= 15 is 0 Å². The minimum Gasteiger partial charge on any atom is -0.466 e. The molecule has 1 aliphatic carbocycles. The lowest BCUT2D eigenvalue weighted by molar-refractivity contribution is -0.170. The van der Waals surface area contributed by atoms with Crippen molar-refractivity contribution in [3.63, 3.8) is 0 Å². The maximum Gasteiger partial charge on any atom is 0.309 e. The molecular formula is C21H38O4. The monoisotopic (exact) mass is 354 g/mol. The van der Waals surface area contributed by atoms with Gasteiger partial charge in [0.1, 0.15) is 0 Å². The third kappa shape index (κ3) is 7.37. The summed E-state index contributed by atoms with van der Waals surface area (Å²) in [6, 6.07) is 0. The lowest BCUT2D eigenvalue weighted by atomic mass is 9.54. The van der Waals surface area contributed by atoms with Crippen LogP contribution < -0.4 is 0 Å². The lowest BCUT2D eigenvalue weighted by Gasteiger charge is -2.50. The predicted molar refractivity (Wildman–Crippen MR) is 100 cm³/mol. The van der Waals surface area contributed by atoms with E-state index in [4.69, 9.17) is 9.47 Å². The molecule has 25 heavy (non-hydrogen) atoms. The third-order valence-electron chi connectivity index (χ3n) is 5.67. The van der Waals surface area contributed by atoms with E-state index in [1.54, 1.807) is 0 Å². The Morgan fingerprint density at radius 2 is 1.44 bits per heavy atom. The molecule has 0 aliphatic heterocycles. The highest BCUT2D eigenvalue weighted by atomic mass is 16.5. The van der Waals surface area contributed by atoms with Crippen molar-refractivity contribution in [2.75, 3.05) is 13.2 Å². The molecule has 1 aliphatic rings. The molecule has 2 atom stereocenters. The second-order valence-electron chi connectivity index (χ2n) is 8.02. The van der Waals surface area contributed by atoms with Gasteiger partial charge in [-0.3, -0.25) is 9.59 Å². The fourth-order valence-electron chi connectivity index (χ4n) is 3.54. The molecule has 0 saturated heterocycles. The van der Waals surface area contributed by atoms with Crippen molar-refractivity contribution in [1.82, 2.24) is 0 Å². The van der Waals surface area contributed by atoms with Gasteiger partial charge in [0, 0.05) is 6.42 Å². The van der Waals surface area contributed by atoms with Gasteiger partial charge < -0.3 is 9.47 Å². The van der Waals surface area contributed by atoms with E-state index in [9.17, 15) is 9.59 Å². The smallest absolute Gasteiger partial charge is 0.309 e. The van der Waals surface area contributed by atoms with Crippen molar-refractivity contribution >= 4 is 11.9 Å². The van der Waals surface area contributed by atoms with Crippen molar-refractivity contribution in [3.8, 4) is 0 Å². The van der Waals surface area contributed by atoms with Crippen LogP contribution >= 0.6 is 0 Å². The lowest BCUT2D eigenvalue weighted by Crippen LogP contribution is -2.50. The topological polar surface area (TPSA) is 52.6 Å². The second-order valence-corrected chi connectivity index (χ2v) is 8.02. The molecule has 0 bridgehead atoms. The Labute approximate surface area is 154 Å². The van der Waals surface area contributed by atoms with Crippen molar-refractivity contribution in [3.05, 3.63) is 0 Å². The van der Waals surface area contributed by atoms with E-state index in [2.05, 4.69) is 27.7 Å². The van der Waals surface area contributed by atoms with Gasteiger partial charge in [-0.1, -0.05) is 66.2 Å². The fraction of sp³-hybridized carbons (Fsp3) is 0.905. The van der Waals surface area contributed by atoms with Gasteiger partial charge in [-0.25, -0.2) is 0 Å². The minimum atomic E-state index is -0.179. The molecule has 4 nitrogen and oxygen atoms in total. The maximum absolute atomic E-state index is 12.2. The third-order valence-corrected chi connectivity index (χ3v) is 5.67. The van der Waals surface area contributed by atoms with E-state index in [1.165, 1.54) is 25.7 Å². The number of carbonyl (C=O) groups excluding carboxylic acids is 2. The van der Waals surface area contributed by atoms with Gasteiger partial charge >= 0.3 is 11.9 Å². The van der Waals surface area contributed by atoms with E-state index in [0.717, 1.165) is 32.1 Å². The summed E-state index contributed by atoms with van der Waals surface area (Å²) in [5.74, 6) is -0.0825. The van der Waals surface area contributed by atoms with Crippen LogP contribution in [-0.2, 0) is 19.1 Å². The van der Waals surface area contributed by atoms with Crippen LogP contribution in [0.5, 0.6) is 0 Å². The van der Waals surface area contributed by atoms with Crippen LogP contribution in [0.3, 0.4) is 0 Å². The van der Waals surface area contributed by atoms with Gasteiger partial charge in [0.2, 0.25) is 0 Å². The number of ether oxygens (including phenoxy) is 2. The number of esters is 2. The van der Waals surface area contributed by atoms with Crippen molar-refractivity contribution in [1.29, 1.82) is 0 Å². The molecular weight excluding hydrogens is 316 g/mol. The Morgan fingerprint density at radius 3 is 1.96 bits per heavy atom. The zero-order valence-corrected chi connectivity index (χ0v) is 16.8. The number of hydrogen-bond acceptors (Lipinski definition) is 4. The summed E-state index contributed by atoms with van der Waals surface area (Å²) in [4.78, 5) is 24.2. The van der Waals surface area contributed by atoms with Crippen molar-refractivity contribution in [2.45, 2.75) is 91.9 Å². The predicted octanol–water partition coefficient (Wildman–Crippen LogP) is 5.29. The number of rotatable bonds is 13. The molecule has 0 spiro atoms. The van der Waals surface area contributed by atoms with Gasteiger partial charge in [0.25, 0.3) is 0 Å². The SMILES string of the molecule is CCCCCCOC(=O)CC1CC(C(=O)OCCCCCC)C1(C)C. The molecule has 2 unspecified atom stereocenters. The Balaban J connectivity index is 2.23. The maximum atomic E-state index is 12.2. The van der Waals surface area contributed by atoms with E-state index in [-0.39, 0.29) is 29.2 Å². The fourth-order valence-corrected chi connectivity index (χ4v) is 3.54. The van der Waals surface area contributed by atoms with E-state index < -0.39 is 0 Å². The van der Waals surface area contributed by atoms with Crippen molar-refractivity contribution in [2.24, 2.45) is 17.3 Å². The zero-order valence-electron chi connectivity index (χ0n) is 16.8. The average Bonchev–Trinajstić information content (AvgIpc) is 2.57. The first-order chi connectivity index (χ1) is 11.9. The Kier molecular flexibility index (Phi) is 10.1. The number of carbonyl (C=O) groups is 2. The van der Waals surface area contributed by atoms with Crippen molar-refractivity contribution < 1.29 is 19.1 Å². The largest absolute Gasteiger partial charge is 0.466 e. The molecule has 0 aromatic carbocycles. The Bertz CT molecular complexity index is 403. The highest BCUT2D eigenvalue weighted by Gasteiger charge is 2.53. The standard InChI is InChI=1S/C21H38O4/c1-5-7-9-11-13-24-19(22)16-17-15-18(21(17,3)4)20(23)25-14-12-10-8-6-2/h17-18H,5-16H2,1-4H3. The van der Waals surface area contributed by atoms with Crippen LogP contribution in [0.2, 0.25) is 0 Å². The molecule has 1 rings (SSSR count). The summed E-state index contributed by atoms with van der Waals surface area (Å²) in [6.07, 6.45) is 10.0. The molecule has 0 N–H and O–H groups in total. The minimum absolute atomic E-state index is 0.0824. The molecule has 146 valence electrons. The molecule has 0 radical (unpaired) electrons. The van der Waals surface area contributed by atoms with Crippen LogP contribution in [0.25, 0.3) is 0 Å². The molecule has 1 fully saturated rings. The van der Waals surface area contributed by atoms with Crippen LogP contribution in [0.15, 0.2) is 0 Å².